The van der Waals surface area contributed by atoms with Gasteiger partial charge in [0, 0.05) is 5.69 Å². The van der Waals surface area contributed by atoms with E-state index in [0.717, 1.165) is 6.42 Å². The molecule has 98 valence electrons. The van der Waals surface area contributed by atoms with Crippen molar-refractivity contribution in [2.24, 2.45) is 23.7 Å². The number of hydrogen-bond donors (Lipinski definition) is 2. The summed E-state index contributed by atoms with van der Waals surface area (Å²) in [5.74, 6) is -2.02. The van der Waals surface area contributed by atoms with Crippen molar-refractivity contribution in [3.05, 3.63) is 42.5 Å². The minimum atomic E-state index is -0.870. The Labute approximate surface area is 111 Å². The molecule has 3 rings (SSSR count). The van der Waals surface area contributed by atoms with Crippen LogP contribution in [0.2, 0.25) is 0 Å². The first-order valence-corrected chi connectivity index (χ1v) is 6.44. The standard InChI is InChI=1S/C15H15NO3/c17-14(16-11-4-2-1-3-5-11)12-9-6-7-10(8-9)13(12)15(18)19/h1-7,9-10,12-13H,8H2,(H,16,17)(H,18,19)/t9-,10?,12+,13+/m1/s1. The number of carbonyl (C=O) groups excluding carboxylic acids is 1. The van der Waals surface area contributed by atoms with Crippen LogP contribution in [0.25, 0.3) is 0 Å². The molecule has 1 aromatic rings. The van der Waals surface area contributed by atoms with E-state index in [2.05, 4.69) is 5.32 Å². The van der Waals surface area contributed by atoms with E-state index < -0.39 is 17.8 Å². The van der Waals surface area contributed by atoms with Crippen LogP contribution in [0.5, 0.6) is 0 Å². The summed E-state index contributed by atoms with van der Waals surface area (Å²) in [4.78, 5) is 23.7. The lowest BCUT2D eigenvalue weighted by molar-refractivity contribution is -0.146. The number of aliphatic carboxylic acids is 1. The number of fused-ring (bicyclic) bond motifs is 2. The van der Waals surface area contributed by atoms with Crippen LogP contribution in [-0.4, -0.2) is 17.0 Å². The van der Waals surface area contributed by atoms with E-state index >= 15 is 0 Å². The summed E-state index contributed by atoms with van der Waals surface area (Å²) >= 11 is 0. The van der Waals surface area contributed by atoms with Crippen LogP contribution < -0.4 is 5.32 Å². The number of carbonyl (C=O) groups is 2. The first-order chi connectivity index (χ1) is 9.16. The van der Waals surface area contributed by atoms with E-state index in [9.17, 15) is 14.7 Å². The second-order valence-corrected chi connectivity index (χ2v) is 5.19. The molecule has 0 radical (unpaired) electrons. The van der Waals surface area contributed by atoms with E-state index in [4.69, 9.17) is 0 Å². The van der Waals surface area contributed by atoms with Crippen LogP contribution >= 0.6 is 0 Å². The smallest absolute Gasteiger partial charge is 0.307 e. The summed E-state index contributed by atoms with van der Waals surface area (Å²) in [6.07, 6.45) is 4.71. The summed E-state index contributed by atoms with van der Waals surface area (Å²) in [7, 11) is 0. The molecule has 2 aliphatic carbocycles. The molecule has 4 nitrogen and oxygen atoms in total. The SMILES string of the molecule is O=C(Nc1ccccc1)[C@H]1[C@@H]2C=CC(C2)[C@@H]1C(=O)O. The molecular formula is C15H15NO3. The normalized spacial score (nSPS) is 31.4. The quantitative estimate of drug-likeness (QED) is 0.815. The predicted octanol–water partition coefficient (Wildman–Crippen LogP) is 2.15. The van der Waals surface area contributed by atoms with Gasteiger partial charge < -0.3 is 10.4 Å². The molecule has 1 aromatic carbocycles. The highest BCUT2D eigenvalue weighted by Crippen LogP contribution is 2.48. The zero-order chi connectivity index (χ0) is 13.4. The number of rotatable bonds is 3. The van der Waals surface area contributed by atoms with Gasteiger partial charge >= 0.3 is 5.97 Å². The largest absolute Gasteiger partial charge is 0.481 e. The third kappa shape index (κ3) is 2.03. The molecule has 1 amide bonds. The van der Waals surface area contributed by atoms with Gasteiger partial charge in [0.25, 0.3) is 0 Å². The van der Waals surface area contributed by atoms with Crippen LogP contribution in [0.1, 0.15) is 6.42 Å². The zero-order valence-corrected chi connectivity index (χ0v) is 10.3. The van der Waals surface area contributed by atoms with E-state index in [1.165, 1.54) is 0 Å². The van der Waals surface area contributed by atoms with Crippen molar-refractivity contribution in [1.82, 2.24) is 0 Å². The van der Waals surface area contributed by atoms with Crippen LogP contribution in [-0.2, 0) is 9.59 Å². The van der Waals surface area contributed by atoms with Gasteiger partial charge in [0.15, 0.2) is 0 Å². The van der Waals surface area contributed by atoms with E-state index in [1.54, 1.807) is 12.1 Å². The molecule has 2 bridgehead atoms. The molecule has 2 N–H and O–H groups in total. The van der Waals surface area contributed by atoms with E-state index in [0.29, 0.717) is 5.69 Å². The number of nitrogens with one attached hydrogen (secondary N) is 1. The Bertz CT molecular complexity index is 538. The number of anilines is 1. The lowest BCUT2D eigenvalue weighted by Gasteiger charge is -2.23. The number of amides is 1. The van der Waals surface area contributed by atoms with Crippen molar-refractivity contribution in [2.45, 2.75) is 6.42 Å². The number of para-hydroxylation sites is 1. The minimum absolute atomic E-state index is 0.00835. The zero-order valence-electron chi connectivity index (χ0n) is 10.3. The van der Waals surface area contributed by atoms with E-state index in [-0.39, 0.29) is 17.7 Å². The second kappa shape index (κ2) is 4.53. The Morgan fingerprint density at radius 3 is 2.32 bits per heavy atom. The van der Waals surface area contributed by atoms with Gasteiger partial charge in [-0.25, -0.2) is 0 Å². The predicted molar refractivity (Wildman–Crippen MR) is 70.4 cm³/mol. The molecule has 0 aromatic heterocycles. The Hall–Kier alpha value is -2.10. The van der Waals surface area contributed by atoms with Crippen LogP contribution in [0.4, 0.5) is 5.69 Å². The highest BCUT2D eigenvalue weighted by molar-refractivity contribution is 5.96. The van der Waals surface area contributed by atoms with Gasteiger partial charge in [-0.1, -0.05) is 30.4 Å². The second-order valence-electron chi connectivity index (χ2n) is 5.19. The monoisotopic (exact) mass is 257 g/mol. The van der Waals surface area contributed by atoms with Crippen molar-refractivity contribution < 1.29 is 14.7 Å². The van der Waals surface area contributed by atoms with E-state index in [1.807, 2.05) is 30.4 Å². The topological polar surface area (TPSA) is 66.4 Å². The Morgan fingerprint density at radius 1 is 1.05 bits per heavy atom. The molecule has 19 heavy (non-hydrogen) atoms. The molecular weight excluding hydrogens is 242 g/mol. The van der Waals surface area contributed by atoms with Gasteiger partial charge in [0.2, 0.25) is 5.91 Å². The van der Waals surface area contributed by atoms with Gasteiger partial charge in [0.1, 0.15) is 0 Å². The summed E-state index contributed by atoms with van der Waals surface area (Å²) in [6.45, 7) is 0. The Balaban J connectivity index is 1.79. The summed E-state index contributed by atoms with van der Waals surface area (Å²) in [6, 6.07) is 9.15. The van der Waals surface area contributed by atoms with Crippen molar-refractivity contribution in [3.8, 4) is 0 Å². The summed E-state index contributed by atoms with van der Waals surface area (Å²) < 4.78 is 0. The summed E-state index contributed by atoms with van der Waals surface area (Å²) in [5, 5.41) is 12.1. The average molecular weight is 257 g/mol. The first-order valence-electron chi connectivity index (χ1n) is 6.44. The molecule has 1 saturated carbocycles. The van der Waals surface area contributed by atoms with Crippen molar-refractivity contribution in [3.63, 3.8) is 0 Å². The lowest BCUT2D eigenvalue weighted by Crippen LogP contribution is -2.36. The average Bonchev–Trinajstić information content (AvgIpc) is 2.99. The fraction of sp³-hybridized carbons (Fsp3) is 0.333. The van der Waals surface area contributed by atoms with Gasteiger partial charge in [-0.2, -0.15) is 0 Å². The number of benzene rings is 1. The fourth-order valence-corrected chi connectivity index (χ4v) is 3.26. The first kappa shape index (κ1) is 12.0. The highest BCUT2D eigenvalue weighted by Gasteiger charge is 2.51. The Morgan fingerprint density at radius 2 is 1.68 bits per heavy atom. The maximum atomic E-state index is 12.3. The third-order valence-electron chi connectivity index (χ3n) is 4.09. The van der Waals surface area contributed by atoms with Crippen LogP contribution in [0, 0.1) is 23.7 Å². The number of allylic oxidation sites excluding steroid dienone is 2. The molecule has 4 atom stereocenters. The number of carboxylic acids is 1. The molecule has 0 heterocycles. The third-order valence-corrected chi connectivity index (χ3v) is 4.09. The van der Waals surface area contributed by atoms with Gasteiger partial charge in [-0.05, 0) is 30.4 Å². The lowest BCUT2D eigenvalue weighted by atomic mass is 9.82. The Kier molecular flexibility index (Phi) is 2.85. The van der Waals surface area contributed by atoms with Crippen molar-refractivity contribution in [2.75, 3.05) is 5.32 Å². The van der Waals surface area contributed by atoms with Crippen molar-refractivity contribution in [1.29, 1.82) is 0 Å². The molecule has 1 fully saturated rings. The molecule has 4 heteroatoms. The minimum Gasteiger partial charge on any atom is -0.481 e. The summed E-state index contributed by atoms with van der Waals surface area (Å²) in [5.41, 5.74) is 0.711. The van der Waals surface area contributed by atoms with Gasteiger partial charge in [-0.15, -0.1) is 0 Å². The van der Waals surface area contributed by atoms with Gasteiger partial charge in [0.05, 0.1) is 11.8 Å². The maximum absolute atomic E-state index is 12.3. The molecule has 0 spiro atoms. The maximum Gasteiger partial charge on any atom is 0.307 e. The van der Waals surface area contributed by atoms with Gasteiger partial charge in [-0.3, -0.25) is 9.59 Å². The number of hydrogen-bond acceptors (Lipinski definition) is 2. The van der Waals surface area contributed by atoms with Crippen LogP contribution in [0.3, 0.4) is 0 Å². The molecule has 1 unspecified atom stereocenters. The van der Waals surface area contributed by atoms with Crippen LogP contribution in [0.15, 0.2) is 42.5 Å². The highest BCUT2D eigenvalue weighted by atomic mass is 16.4. The molecule has 0 aliphatic heterocycles. The number of carboxylic acid groups (broad SMARTS) is 1. The fourth-order valence-electron chi connectivity index (χ4n) is 3.26. The molecule has 0 saturated heterocycles. The van der Waals surface area contributed by atoms with Crippen molar-refractivity contribution >= 4 is 17.6 Å². The molecule has 2 aliphatic rings.